The highest BCUT2D eigenvalue weighted by Gasteiger charge is 2.30. The summed E-state index contributed by atoms with van der Waals surface area (Å²) in [6.45, 7) is 9.23. The number of ether oxygens (including phenoxy) is 1. The molecule has 1 atom stereocenters. The Morgan fingerprint density at radius 1 is 1.24 bits per heavy atom. The van der Waals surface area contributed by atoms with Crippen molar-refractivity contribution in [2.45, 2.75) is 45.9 Å². The van der Waals surface area contributed by atoms with Crippen molar-refractivity contribution in [3.8, 4) is 0 Å². The van der Waals surface area contributed by atoms with Crippen LogP contribution in [-0.2, 0) is 11.3 Å². The molecule has 0 spiro atoms. The lowest BCUT2D eigenvalue weighted by Gasteiger charge is -2.30. The van der Waals surface area contributed by atoms with E-state index in [9.17, 15) is 4.79 Å². The zero-order chi connectivity index (χ0) is 15.2. The Balaban J connectivity index is 1.98. The number of hydrogen-bond donors (Lipinski definition) is 0. The second kappa shape index (κ2) is 4.79. The van der Waals surface area contributed by atoms with Crippen molar-refractivity contribution in [2.24, 2.45) is 0 Å². The minimum absolute atomic E-state index is 0.0136. The summed E-state index contributed by atoms with van der Waals surface area (Å²) in [6, 6.07) is 8.42. The van der Waals surface area contributed by atoms with E-state index in [0.717, 1.165) is 6.54 Å². The first-order valence-electron chi connectivity index (χ1n) is 7.44. The van der Waals surface area contributed by atoms with Crippen molar-refractivity contribution >= 4 is 17.0 Å². The van der Waals surface area contributed by atoms with Crippen molar-refractivity contribution in [2.75, 3.05) is 6.54 Å². The number of nitrogens with zero attached hydrogens (tertiary/aromatic N) is 2. The largest absolute Gasteiger partial charge is 0.444 e. The van der Waals surface area contributed by atoms with Crippen molar-refractivity contribution in [3.05, 3.63) is 36.0 Å². The molecule has 21 heavy (non-hydrogen) atoms. The second-order valence-corrected chi connectivity index (χ2v) is 6.64. The molecule has 1 aromatic carbocycles. The van der Waals surface area contributed by atoms with Gasteiger partial charge in [-0.2, -0.15) is 0 Å². The number of aromatic nitrogens is 1. The molecule has 0 radical (unpaired) electrons. The first-order valence-corrected chi connectivity index (χ1v) is 7.44. The molecule has 0 saturated carbocycles. The van der Waals surface area contributed by atoms with Gasteiger partial charge >= 0.3 is 6.09 Å². The summed E-state index contributed by atoms with van der Waals surface area (Å²) in [5.74, 6) is 0. The fourth-order valence-electron chi connectivity index (χ4n) is 2.96. The molecule has 0 N–H and O–H groups in total. The Morgan fingerprint density at radius 2 is 2.00 bits per heavy atom. The van der Waals surface area contributed by atoms with Gasteiger partial charge in [0.25, 0.3) is 0 Å². The predicted octanol–water partition coefficient (Wildman–Crippen LogP) is 3.95. The lowest BCUT2D eigenvalue weighted by atomic mass is 10.0. The number of carbonyl (C=O) groups is 1. The topological polar surface area (TPSA) is 34.5 Å². The van der Waals surface area contributed by atoms with E-state index in [0.29, 0.717) is 6.54 Å². The van der Waals surface area contributed by atoms with E-state index < -0.39 is 5.60 Å². The highest BCUT2D eigenvalue weighted by molar-refractivity contribution is 5.84. The Morgan fingerprint density at radius 3 is 2.71 bits per heavy atom. The molecule has 2 aromatic rings. The van der Waals surface area contributed by atoms with Crippen LogP contribution < -0.4 is 0 Å². The Bertz CT molecular complexity index is 682. The van der Waals surface area contributed by atoms with Gasteiger partial charge in [0.1, 0.15) is 5.60 Å². The second-order valence-electron chi connectivity index (χ2n) is 6.64. The van der Waals surface area contributed by atoms with Gasteiger partial charge in [-0.15, -0.1) is 0 Å². The first kappa shape index (κ1) is 14.0. The molecule has 3 rings (SSSR count). The van der Waals surface area contributed by atoms with Crippen molar-refractivity contribution in [1.82, 2.24) is 9.47 Å². The van der Waals surface area contributed by atoms with E-state index in [2.05, 4.69) is 42.0 Å². The van der Waals surface area contributed by atoms with Gasteiger partial charge in [-0.05, 0) is 44.7 Å². The van der Waals surface area contributed by atoms with Gasteiger partial charge in [0.15, 0.2) is 0 Å². The van der Waals surface area contributed by atoms with Gasteiger partial charge in [0, 0.05) is 19.3 Å². The van der Waals surface area contributed by atoms with E-state index in [-0.39, 0.29) is 12.1 Å². The molecule has 2 heterocycles. The van der Waals surface area contributed by atoms with Crippen molar-refractivity contribution in [1.29, 1.82) is 0 Å². The number of carbonyl (C=O) groups excluding carboxylic acids is 1. The quantitative estimate of drug-likeness (QED) is 0.735. The fraction of sp³-hybridized carbons (Fsp3) is 0.471. The van der Waals surface area contributed by atoms with Gasteiger partial charge in [-0.1, -0.05) is 18.2 Å². The van der Waals surface area contributed by atoms with Crippen LogP contribution in [0.3, 0.4) is 0 Å². The molecule has 1 unspecified atom stereocenters. The third kappa shape index (κ3) is 2.50. The molecule has 0 saturated heterocycles. The summed E-state index contributed by atoms with van der Waals surface area (Å²) < 4.78 is 7.78. The molecular weight excluding hydrogens is 264 g/mol. The third-order valence-corrected chi connectivity index (χ3v) is 3.95. The van der Waals surface area contributed by atoms with E-state index in [1.165, 1.54) is 16.5 Å². The van der Waals surface area contributed by atoms with E-state index >= 15 is 0 Å². The summed E-state index contributed by atoms with van der Waals surface area (Å²) in [4.78, 5) is 14.3. The number of benzene rings is 1. The summed E-state index contributed by atoms with van der Waals surface area (Å²) >= 11 is 0. The lowest BCUT2D eigenvalue weighted by Crippen LogP contribution is -2.39. The molecule has 4 nitrogen and oxygen atoms in total. The van der Waals surface area contributed by atoms with Crippen LogP contribution >= 0.6 is 0 Å². The SMILES string of the molecule is CC1c2cccc3ccn(c23)CCN1C(=O)OC(C)(C)C. The number of hydrogen-bond acceptors (Lipinski definition) is 2. The molecule has 1 aromatic heterocycles. The standard InChI is InChI=1S/C17H22N2O2/c1-12-14-7-5-6-13-8-9-18(15(13)14)10-11-19(12)16(20)21-17(2,3)4/h5-9,12H,10-11H2,1-4H3. The number of rotatable bonds is 0. The minimum atomic E-state index is -0.468. The molecule has 0 fully saturated rings. The molecule has 1 aliphatic rings. The fourth-order valence-corrected chi connectivity index (χ4v) is 2.96. The summed E-state index contributed by atoms with van der Waals surface area (Å²) in [5.41, 5.74) is 1.95. The van der Waals surface area contributed by atoms with E-state index in [1.807, 2.05) is 25.7 Å². The minimum Gasteiger partial charge on any atom is -0.444 e. The van der Waals surface area contributed by atoms with Crippen LogP contribution in [0.1, 0.15) is 39.3 Å². The molecule has 1 aliphatic heterocycles. The van der Waals surface area contributed by atoms with Crippen molar-refractivity contribution < 1.29 is 9.53 Å². The summed E-state index contributed by atoms with van der Waals surface area (Å²) in [5, 5.41) is 1.23. The Labute approximate surface area is 125 Å². The maximum absolute atomic E-state index is 12.5. The summed E-state index contributed by atoms with van der Waals surface area (Å²) in [6.07, 6.45) is 1.86. The highest BCUT2D eigenvalue weighted by Crippen LogP contribution is 2.32. The Hall–Kier alpha value is -1.97. The molecular formula is C17H22N2O2. The van der Waals surface area contributed by atoms with Gasteiger partial charge in [-0.25, -0.2) is 4.79 Å². The number of amides is 1. The Kier molecular flexibility index (Phi) is 3.19. The smallest absolute Gasteiger partial charge is 0.410 e. The third-order valence-electron chi connectivity index (χ3n) is 3.95. The first-order chi connectivity index (χ1) is 9.87. The monoisotopic (exact) mass is 286 g/mol. The van der Waals surface area contributed by atoms with Crippen LogP contribution in [0.2, 0.25) is 0 Å². The van der Waals surface area contributed by atoms with Crippen LogP contribution in [-0.4, -0.2) is 27.7 Å². The molecule has 0 aliphatic carbocycles. The van der Waals surface area contributed by atoms with Crippen LogP contribution in [0.4, 0.5) is 4.79 Å². The lowest BCUT2D eigenvalue weighted by molar-refractivity contribution is 0.0173. The molecule has 0 bridgehead atoms. The zero-order valence-corrected chi connectivity index (χ0v) is 13.1. The summed E-state index contributed by atoms with van der Waals surface area (Å²) in [7, 11) is 0. The van der Waals surface area contributed by atoms with Gasteiger partial charge in [-0.3, -0.25) is 4.90 Å². The van der Waals surface area contributed by atoms with Crippen LogP contribution in [0.5, 0.6) is 0 Å². The average molecular weight is 286 g/mol. The molecule has 1 amide bonds. The molecule has 112 valence electrons. The number of para-hydroxylation sites is 1. The van der Waals surface area contributed by atoms with Gasteiger partial charge in [0.2, 0.25) is 0 Å². The van der Waals surface area contributed by atoms with Gasteiger partial charge < -0.3 is 9.30 Å². The zero-order valence-electron chi connectivity index (χ0n) is 13.1. The van der Waals surface area contributed by atoms with E-state index in [4.69, 9.17) is 4.74 Å². The average Bonchev–Trinajstić information content (AvgIpc) is 2.73. The van der Waals surface area contributed by atoms with Crippen LogP contribution in [0.15, 0.2) is 30.5 Å². The highest BCUT2D eigenvalue weighted by atomic mass is 16.6. The normalized spacial score (nSPS) is 18.7. The van der Waals surface area contributed by atoms with Crippen molar-refractivity contribution in [3.63, 3.8) is 0 Å². The van der Waals surface area contributed by atoms with Crippen LogP contribution in [0.25, 0.3) is 10.9 Å². The van der Waals surface area contributed by atoms with Crippen LogP contribution in [0, 0.1) is 0 Å². The molecule has 4 heteroatoms. The van der Waals surface area contributed by atoms with E-state index in [1.54, 1.807) is 0 Å². The predicted molar refractivity (Wildman–Crippen MR) is 83.3 cm³/mol. The maximum atomic E-state index is 12.5. The maximum Gasteiger partial charge on any atom is 0.410 e. The van der Waals surface area contributed by atoms with Gasteiger partial charge in [0.05, 0.1) is 11.6 Å².